The highest BCUT2D eigenvalue weighted by atomic mass is 35.5. The summed E-state index contributed by atoms with van der Waals surface area (Å²) in [6.45, 7) is 7.09. The second-order valence-corrected chi connectivity index (χ2v) is 4.27. The maximum Gasteiger partial charge on any atom is 0.340 e. The van der Waals surface area contributed by atoms with Crippen LogP contribution >= 0.6 is 11.6 Å². The number of hydrogen-bond acceptors (Lipinski definition) is 4. The zero-order chi connectivity index (χ0) is 13.5. The predicted molar refractivity (Wildman–Crippen MR) is 73.9 cm³/mol. The first-order valence-corrected chi connectivity index (χ1v) is 6.41. The van der Waals surface area contributed by atoms with Gasteiger partial charge in [-0.25, -0.2) is 4.79 Å². The van der Waals surface area contributed by atoms with E-state index < -0.39 is 5.97 Å². The zero-order valence-corrected chi connectivity index (χ0v) is 11.5. The second kappa shape index (κ2) is 7.24. The first-order chi connectivity index (χ1) is 8.60. The normalized spacial score (nSPS) is 10.7. The van der Waals surface area contributed by atoms with Crippen molar-refractivity contribution in [3.63, 3.8) is 0 Å². The Morgan fingerprint density at radius 1 is 1.39 bits per heavy atom. The summed E-state index contributed by atoms with van der Waals surface area (Å²) in [5.41, 5.74) is 6.32. The SMILES string of the molecule is CCN(CC)CCOC(=O)c1cccc(Cl)c1N. The number of nitrogen functional groups attached to an aromatic ring is 1. The lowest BCUT2D eigenvalue weighted by Gasteiger charge is -2.17. The predicted octanol–water partition coefficient (Wildman–Crippen LogP) is 2.42. The van der Waals surface area contributed by atoms with Crippen molar-refractivity contribution in [3.8, 4) is 0 Å². The molecule has 18 heavy (non-hydrogen) atoms. The number of rotatable bonds is 6. The maximum absolute atomic E-state index is 11.8. The van der Waals surface area contributed by atoms with E-state index in [4.69, 9.17) is 22.1 Å². The zero-order valence-electron chi connectivity index (χ0n) is 10.8. The topological polar surface area (TPSA) is 55.6 Å². The molecule has 1 aromatic rings. The van der Waals surface area contributed by atoms with Crippen molar-refractivity contribution >= 4 is 23.3 Å². The van der Waals surface area contributed by atoms with Crippen molar-refractivity contribution in [2.45, 2.75) is 13.8 Å². The number of para-hydroxylation sites is 1. The van der Waals surface area contributed by atoms with Gasteiger partial charge in [-0.3, -0.25) is 0 Å². The Hall–Kier alpha value is -1.26. The molecule has 4 nitrogen and oxygen atoms in total. The third-order valence-electron chi connectivity index (χ3n) is 2.81. The van der Waals surface area contributed by atoms with Crippen molar-refractivity contribution in [2.24, 2.45) is 0 Å². The molecule has 2 N–H and O–H groups in total. The molecule has 0 aromatic heterocycles. The van der Waals surface area contributed by atoms with Gasteiger partial charge in [-0.05, 0) is 25.2 Å². The number of carbonyl (C=O) groups is 1. The van der Waals surface area contributed by atoms with Gasteiger partial charge in [0.2, 0.25) is 0 Å². The van der Waals surface area contributed by atoms with Gasteiger partial charge in [0.05, 0.1) is 16.3 Å². The summed E-state index contributed by atoms with van der Waals surface area (Å²) < 4.78 is 5.18. The fraction of sp³-hybridized carbons (Fsp3) is 0.462. The Labute approximate surface area is 113 Å². The van der Waals surface area contributed by atoms with Crippen molar-refractivity contribution < 1.29 is 9.53 Å². The largest absolute Gasteiger partial charge is 0.461 e. The van der Waals surface area contributed by atoms with Gasteiger partial charge in [-0.15, -0.1) is 0 Å². The van der Waals surface area contributed by atoms with E-state index in [1.165, 1.54) is 0 Å². The highest BCUT2D eigenvalue weighted by Crippen LogP contribution is 2.22. The summed E-state index contributed by atoms with van der Waals surface area (Å²) in [5.74, 6) is -0.429. The number of nitrogens with two attached hydrogens (primary N) is 1. The average Bonchev–Trinajstić information content (AvgIpc) is 2.37. The standard InChI is InChI=1S/C13H19ClN2O2/c1-3-16(4-2)8-9-18-13(17)10-6-5-7-11(14)12(10)15/h5-7H,3-4,8-9,15H2,1-2H3. The number of halogens is 1. The fourth-order valence-corrected chi connectivity index (χ4v) is 1.77. The molecule has 0 aliphatic heterocycles. The summed E-state index contributed by atoms with van der Waals surface area (Å²) in [6, 6.07) is 4.93. The summed E-state index contributed by atoms with van der Waals surface area (Å²) >= 11 is 5.85. The molecule has 0 heterocycles. The molecule has 100 valence electrons. The molecule has 5 heteroatoms. The number of esters is 1. The molecule has 0 saturated carbocycles. The Morgan fingerprint density at radius 3 is 2.67 bits per heavy atom. The highest BCUT2D eigenvalue weighted by molar-refractivity contribution is 6.33. The van der Waals surface area contributed by atoms with Crippen LogP contribution in [0.2, 0.25) is 5.02 Å². The van der Waals surface area contributed by atoms with E-state index in [2.05, 4.69) is 18.7 Å². The van der Waals surface area contributed by atoms with Gasteiger partial charge in [-0.1, -0.05) is 31.5 Å². The average molecular weight is 271 g/mol. The van der Waals surface area contributed by atoms with Crippen LogP contribution in [0.4, 0.5) is 5.69 Å². The van der Waals surface area contributed by atoms with Gasteiger partial charge in [0.1, 0.15) is 6.61 Å². The van der Waals surface area contributed by atoms with Crippen molar-refractivity contribution in [1.29, 1.82) is 0 Å². The van der Waals surface area contributed by atoms with E-state index in [1.54, 1.807) is 18.2 Å². The molecule has 0 aliphatic carbocycles. The molecule has 0 bridgehead atoms. The minimum Gasteiger partial charge on any atom is -0.461 e. The van der Waals surface area contributed by atoms with Crippen LogP contribution in [0.15, 0.2) is 18.2 Å². The number of carbonyl (C=O) groups excluding carboxylic acids is 1. The summed E-state index contributed by atoms with van der Waals surface area (Å²) in [6.07, 6.45) is 0. The molecule has 0 amide bonds. The van der Waals surface area contributed by atoms with E-state index in [9.17, 15) is 4.79 Å². The van der Waals surface area contributed by atoms with Gasteiger partial charge in [0.25, 0.3) is 0 Å². The number of anilines is 1. The van der Waals surface area contributed by atoms with Crippen LogP contribution in [0.3, 0.4) is 0 Å². The van der Waals surface area contributed by atoms with Crippen LogP contribution in [0.5, 0.6) is 0 Å². The molecule has 1 rings (SSSR count). The molecule has 0 aliphatic rings. The number of nitrogens with zero attached hydrogens (tertiary/aromatic N) is 1. The van der Waals surface area contributed by atoms with Crippen LogP contribution in [0.1, 0.15) is 24.2 Å². The van der Waals surface area contributed by atoms with Crippen LogP contribution in [-0.2, 0) is 4.74 Å². The summed E-state index contributed by atoms with van der Waals surface area (Å²) in [5, 5.41) is 0.369. The number of hydrogen-bond donors (Lipinski definition) is 1. The summed E-state index contributed by atoms with van der Waals surface area (Å²) in [4.78, 5) is 14.0. The smallest absolute Gasteiger partial charge is 0.340 e. The van der Waals surface area contributed by atoms with E-state index in [0.29, 0.717) is 17.2 Å². The Bertz CT molecular complexity index is 406. The number of ether oxygens (including phenoxy) is 1. The first kappa shape index (κ1) is 14.8. The van der Waals surface area contributed by atoms with Crippen LogP contribution in [0.25, 0.3) is 0 Å². The third-order valence-corrected chi connectivity index (χ3v) is 3.14. The van der Waals surface area contributed by atoms with Gasteiger partial charge in [0.15, 0.2) is 0 Å². The van der Waals surface area contributed by atoms with E-state index in [-0.39, 0.29) is 5.69 Å². The Kier molecular flexibility index (Phi) is 5.95. The lowest BCUT2D eigenvalue weighted by atomic mass is 10.2. The molecule has 0 atom stereocenters. The van der Waals surface area contributed by atoms with Crippen molar-refractivity contribution in [3.05, 3.63) is 28.8 Å². The second-order valence-electron chi connectivity index (χ2n) is 3.86. The number of likely N-dealkylation sites (N-methyl/N-ethyl adjacent to an activating group) is 1. The van der Waals surface area contributed by atoms with Crippen LogP contribution in [-0.4, -0.2) is 37.1 Å². The minimum absolute atomic E-state index is 0.270. The highest BCUT2D eigenvalue weighted by Gasteiger charge is 2.13. The fourth-order valence-electron chi connectivity index (χ4n) is 1.60. The molecular formula is C13H19ClN2O2. The third kappa shape index (κ3) is 3.89. The quantitative estimate of drug-likeness (QED) is 0.637. The van der Waals surface area contributed by atoms with Gasteiger partial charge >= 0.3 is 5.97 Å². The van der Waals surface area contributed by atoms with E-state index in [1.807, 2.05) is 0 Å². The van der Waals surface area contributed by atoms with Crippen molar-refractivity contribution in [2.75, 3.05) is 32.0 Å². The van der Waals surface area contributed by atoms with Gasteiger partial charge in [0, 0.05) is 6.54 Å². The van der Waals surface area contributed by atoms with Crippen molar-refractivity contribution in [1.82, 2.24) is 4.90 Å². The van der Waals surface area contributed by atoms with E-state index >= 15 is 0 Å². The lowest BCUT2D eigenvalue weighted by Crippen LogP contribution is -2.28. The van der Waals surface area contributed by atoms with Gasteiger partial charge in [-0.2, -0.15) is 0 Å². The monoisotopic (exact) mass is 270 g/mol. The molecule has 1 aromatic carbocycles. The molecule has 0 fully saturated rings. The van der Waals surface area contributed by atoms with E-state index in [0.717, 1.165) is 19.6 Å². The van der Waals surface area contributed by atoms with Gasteiger partial charge < -0.3 is 15.4 Å². The maximum atomic E-state index is 11.8. The molecule has 0 spiro atoms. The van der Waals surface area contributed by atoms with Crippen LogP contribution in [0, 0.1) is 0 Å². The summed E-state index contributed by atoms with van der Waals surface area (Å²) in [7, 11) is 0. The molecule has 0 unspecified atom stereocenters. The first-order valence-electron chi connectivity index (χ1n) is 6.03. The lowest BCUT2D eigenvalue weighted by molar-refractivity contribution is 0.0467. The number of benzene rings is 1. The molecule has 0 saturated heterocycles. The van der Waals surface area contributed by atoms with Crippen LogP contribution < -0.4 is 5.73 Å². The Balaban J connectivity index is 2.53. The molecular weight excluding hydrogens is 252 g/mol. The molecule has 0 radical (unpaired) electrons. The Morgan fingerprint density at radius 2 is 2.06 bits per heavy atom. The minimum atomic E-state index is -0.429.